The summed E-state index contributed by atoms with van der Waals surface area (Å²) in [6.45, 7) is 0. The minimum absolute atomic E-state index is 1.46. The molecule has 5 heteroatoms. The molecule has 0 saturated carbocycles. The Morgan fingerprint density at radius 3 is 1.57 bits per heavy atom. The highest BCUT2D eigenvalue weighted by Crippen LogP contribution is 2.51. The van der Waals surface area contributed by atoms with E-state index in [1.807, 2.05) is 0 Å². The number of hydrogen-bond acceptors (Lipinski definition) is 3. The summed E-state index contributed by atoms with van der Waals surface area (Å²) in [5.41, 5.74) is -2.24. The van der Waals surface area contributed by atoms with Crippen molar-refractivity contribution in [3.63, 3.8) is 0 Å². The van der Waals surface area contributed by atoms with Gasteiger partial charge in [0.2, 0.25) is 0 Å². The average Bonchev–Trinajstić information content (AvgIpc) is 1.68. The second kappa shape index (κ2) is 3.05. The monoisotopic (exact) mass is 157 g/mol. The maximum Gasteiger partial charge on any atom is 0.257 e. The first-order valence-corrected chi connectivity index (χ1v) is 5.20. The van der Waals surface area contributed by atoms with E-state index in [1.165, 1.54) is 14.2 Å². The van der Waals surface area contributed by atoms with Crippen molar-refractivity contribution in [3.05, 3.63) is 0 Å². The van der Waals surface area contributed by atoms with Crippen molar-refractivity contribution in [1.29, 1.82) is 0 Å². The molecule has 1 radical (unpaired) electrons. The quantitative estimate of drug-likeness (QED) is 0.568. The van der Waals surface area contributed by atoms with E-state index in [-0.39, 0.29) is 0 Å². The van der Waals surface area contributed by atoms with E-state index in [2.05, 4.69) is 33.1 Å². The summed E-state index contributed by atoms with van der Waals surface area (Å²) >= 11 is 9.25. The Bertz CT molecular complexity index is 85.7. The third kappa shape index (κ3) is 3.50. The van der Waals surface area contributed by atoms with Gasteiger partial charge in [0.25, 0.3) is 5.69 Å². The topological polar surface area (TPSA) is 18.5 Å². The molecule has 0 amide bonds. The molecule has 0 aliphatic rings. The van der Waals surface area contributed by atoms with Crippen LogP contribution in [0.2, 0.25) is 0 Å². The van der Waals surface area contributed by atoms with Gasteiger partial charge < -0.3 is 9.05 Å². The van der Waals surface area contributed by atoms with E-state index >= 15 is 0 Å². The summed E-state index contributed by atoms with van der Waals surface area (Å²) in [6.07, 6.45) is 0. The second-order valence-electron chi connectivity index (χ2n) is 0.812. The van der Waals surface area contributed by atoms with Crippen molar-refractivity contribution < 1.29 is 9.05 Å². The van der Waals surface area contributed by atoms with Crippen LogP contribution in [-0.2, 0) is 20.9 Å². The Morgan fingerprint density at radius 2 is 1.57 bits per heavy atom. The first-order valence-electron chi connectivity index (χ1n) is 1.55. The minimum Gasteiger partial charge on any atom is -0.324 e. The lowest BCUT2D eigenvalue weighted by molar-refractivity contribution is 0.354. The van der Waals surface area contributed by atoms with Crippen LogP contribution in [0.25, 0.3) is 0 Å². The van der Waals surface area contributed by atoms with Crippen LogP contribution in [0.4, 0.5) is 0 Å². The molecule has 2 nitrogen and oxygen atoms in total. The zero-order chi connectivity index (χ0) is 5.91. The lowest BCUT2D eigenvalue weighted by Crippen LogP contribution is -1.76. The van der Waals surface area contributed by atoms with Crippen LogP contribution in [0.15, 0.2) is 0 Å². The molecule has 0 aromatic rings. The number of hydrogen-bond donors (Lipinski definition) is 0. The van der Waals surface area contributed by atoms with Gasteiger partial charge in [-0.05, 0) is 11.8 Å². The van der Waals surface area contributed by atoms with E-state index < -0.39 is 5.69 Å². The fraction of sp³-hybridized carbons (Fsp3) is 1.00. The minimum atomic E-state index is -2.24. The normalized spacial score (nSPS) is 11.9. The molecule has 0 saturated heterocycles. The van der Waals surface area contributed by atoms with Crippen LogP contribution in [0.1, 0.15) is 0 Å². The highest BCUT2D eigenvalue weighted by atomic mass is 32.9. The molecule has 7 heavy (non-hydrogen) atoms. The van der Waals surface area contributed by atoms with Gasteiger partial charge in [-0.1, -0.05) is 0 Å². The Kier molecular flexibility index (Phi) is 3.45. The fourth-order valence-electron chi connectivity index (χ4n) is 0.0745. The van der Waals surface area contributed by atoms with Crippen LogP contribution >= 0.6 is 17.9 Å². The van der Waals surface area contributed by atoms with Crippen molar-refractivity contribution in [1.82, 2.24) is 0 Å². The van der Waals surface area contributed by atoms with E-state index in [1.54, 1.807) is 0 Å². The van der Waals surface area contributed by atoms with Gasteiger partial charge in [0.05, 0.1) is 0 Å². The third-order valence-electron chi connectivity index (χ3n) is 0.447. The fourth-order valence-corrected chi connectivity index (χ4v) is 0.224. The zero-order valence-corrected chi connectivity index (χ0v) is 6.61. The second-order valence-corrected chi connectivity index (χ2v) is 6.01. The molecule has 0 unspecified atom stereocenters. The van der Waals surface area contributed by atoms with Gasteiger partial charge in [-0.25, -0.2) is 0 Å². The molecule has 0 N–H and O–H groups in total. The largest absolute Gasteiger partial charge is 0.324 e. The smallest absolute Gasteiger partial charge is 0.257 e. The summed E-state index contributed by atoms with van der Waals surface area (Å²) in [5, 5.41) is 0. The van der Waals surface area contributed by atoms with Gasteiger partial charge in [0, 0.05) is 26.5 Å². The summed E-state index contributed by atoms with van der Waals surface area (Å²) in [5.74, 6) is 0. The average molecular weight is 157 g/mol. The highest BCUT2D eigenvalue weighted by Gasteiger charge is 2.05. The number of rotatable bonds is 2. The van der Waals surface area contributed by atoms with E-state index in [9.17, 15) is 0 Å². The van der Waals surface area contributed by atoms with Gasteiger partial charge in [0.15, 0.2) is 0 Å². The molecule has 43 valence electrons. The lowest BCUT2D eigenvalue weighted by Gasteiger charge is -2.06. The van der Waals surface area contributed by atoms with Crippen LogP contribution in [0.3, 0.4) is 0 Å². The molecule has 0 spiro atoms. The molecule has 0 aromatic carbocycles. The lowest BCUT2D eigenvalue weighted by atomic mass is 11.8. The predicted octanol–water partition coefficient (Wildman–Crippen LogP) is 1.70. The molecule has 0 atom stereocenters. The maximum atomic E-state index is 4.63. The predicted molar refractivity (Wildman–Crippen MR) is 35.9 cm³/mol. The molecule has 0 heterocycles. The highest BCUT2D eigenvalue weighted by molar-refractivity contribution is 8.60. The molecular formula is C2H6O2PS2. The summed E-state index contributed by atoms with van der Waals surface area (Å²) in [4.78, 5) is 0. The van der Waals surface area contributed by atoms with Crippen molar-refractivity contribution in [2.24, 2.45) is 0 Å². The Balaban J connectivity index is 3.61. The zero-order valence-electron chi connectivity index (χ0n) is 4.08. The Morgan fingerprint density at radius 1 is 1.29 bits per heavy atom. The van der Waals surface area contributed by atoms with Gasteiger partial charge in [-0.15, -0.1) is 0 Å². The molecule has 0 rings (SSSR count). The van der Waals surface area contributed by atoms with E-state index in [4.69, 9.17) is 0 Å². The van der Waals surface area contributed by atoms with Gasteiger partial charge in [0.1, 0.15) is 0 Å². The van der Waals surface area contributed by atoms with Crippen molar-refractivity contribution in [2.75, 3.05) is 14.2 Å². The summed E-state index contributed by atoms with van der Waals surface area (Å²) in [7, 11) is 2.91. The maximum absolute atomic E-state index is 4.63. The Hall–Kier alpha value is 0.920. The first kappa shape index (κ1) is 7.92. The molecule has 0 aromatic heterocycles. The summed E-state index contributed by atoms with van der Waals surface area (Å²) < 4.78 is 9.21. The van der Waals surface area contributed by atoms with Crippen LogP contribution in [0, 0.1) is 0 Å². The molecule has 0 aliphatic heterocycles. The van der Waals surface area contributed by atoms with Crippen molar-refractivity contribution in [2.45, 2.75) is 0 Å². The van der Waals surface area contributed by atoms with Crippen LogP contribution in [-0.4, -0.2) is 14.2 Å². The van der Waals surface area contributed by atoms with Crippen molar-refractivity contribution >= 4 is 29.7 Å². The van der Waals surface area contributed by atoms with Crippen LogP contribution < -0.4 is 0 Å². The van der Waals surface area contributed by atoms with Crippen LogP contribution in [0.5, 0.6) is 0 Å². The SMILES string of the molecule is COP([S])(=S)OC. The summed E-state index contributed by atoms with van der Waals surface area (Å²) in [6, 6.07) is 0. The molecule has 0 bridgehead atoms. The molecule has 0 aliphatic carbocycles. The molecule has 0 fully saturated rings. The first-order chi connectivity index (χ1) is 3.12. The van der Waals surface area contributed by atoms with E-state index in [0.29, 0.717) is 0 Å². The Labute approximate surface area is 53.5 Å². The van der Waals surface area contributed by atoms with Gasteiger partial charge in [-0.3, -0.25) is 0 Å². The third-order valence-corrected chi connectivity index (χ3v) is 3.13. The van der Waals surface area contributed by atoms with Crippen molar-refractivity contribution in [3.8, 4) is 0 Å². The van der Waals surface area contributed by atoms with Gasteiger partial charge >= 0.3 is 0 Å². The molecular weight excluding hydrogens is 151 g/mol. The standard InChI is InChI=1S/C2H6O2PS2/c1-3-5(6,7)4-2/h1-2H3. The van der Waals surface area contributed by atoms with Gasteiger partial charge in [-0.2, -0.15) is 0 Å². The van der Waals surface area contributed by atoms with E-state index in [0.717, 1.165) is 0 Å².